The standard InChI is InChI=1S/C21H19ClF3N3/c1-13-4-3-5-17(14(13)2)27-19(21(23,24)25)12-20-26-11-10-18(28(20)27)15-6-8-16(22)9-7-15/h3-12,18-19,26H,1-2H3. The minimum atomic E-state index is -4.42. The fourth-order valence-electron chi connectivity index (χ4n) is 3.65. The average Bonchev–Trinajstić information content (AvgIpc) is 3.05. The minimum absolute atomic E-state index is 0.392. The van der Waals surface area contributed by atoms with Gasteiger partial charge in [0.2, 0.25) is 0 Å². The third-order valence-corrected chi connectivity index (χ3v) is 5.45. The first-order chi connectivity index (χ1) is 13.3. The van der Waals surface area contributed by atoms with E-state index in [4.69, 9.17) is 11.6 Å². The number of hydrogen-bond donors (Lipinski definition) is 1. The van der Waals surface area contributed by atoms with E-state index in [0.717, 1.165) is 16.7 Å². The van der Waals surface area contributed by atoms with Crippen molar-refractivity contribution in [2.24, 2.45) is 0 Å². The van der Waals surface area contributed by atoms with Gasteiger partial charge in [0.05, 0.1) is 11.7 Å². The molecule has 0 bridgehead atoms. The highest BCUT2D eigenvalue weighted by Gasteiger charge is 2.51. The second-order valence-corrected chi connectivity index (χ2v) is 7.38. The highest BCUT2D eigenvalue weighted by molar-refractivity contribution is 6.30. The molecular formula is C21H19ClF3N3. The van der Waals surface area contributed by atoms with Crippen molar-refractivity contribution >= 4 is 17.3 Å². The highest BCUT2D eigenvalue weighted by atomic mass is 35.5. The van der Waals surface area contributed by atoms with Gasteiger partial charge in [-0.2, -0.15) is 13.2 Å². The van der Waals surface area contributed by atoms with Crippen molar-refractivity contribution in [3.8, 4) is 0 Å². The number of alkyl halides is 3. The summed E-state index contributed by atoms with van der Waals surface area (Å²) in [6.07, 6.45) is 0.333. The molecule has 1 N–H and O–H groups in total. The molecule has 0 aromatic heterocycles. The summed E-state index contributed by atoms with van der Waals surface area (Å²) < 4.78 is 41.9. The molecule has 28 heavy (non-hydrogen) atoms. The molecule has 0 saturated heterocycles. The van der Waals surface area contributed by atoms with E-state index in [0.29, 0.717) is 16.5 Å². The fourth-order valence-corrected chi connectivity index (χ4v) is 3.77. The van der Waals surface area contributed by atoms with Gasteiger partial charge >= 0.3 is 6.18 Å². The number of aryl methyl sites for hydroxylation is 1. The van der Waals surface area contributed by atoms with Gasteiger partial charge in [0.1, 0.15) is 5.82 Å². The van der Waals surface area contributed by atoms with E-state index < -0.39 is 18.3 Å². The summed E-state index contributed by atoms with van der Waals surface area (Å²) in [5, 5.41) is 6.56. The largest absolute Gasteiger partial charge is 0.414 e. The Morgan fingerprint density at radius 2 is 1.71 bits per heavy atom. The number of nitrogens with zero attached hydrogens (tertiary/aromatic N) is 2. The molecule has 2 aromatic rings. The Morgan fingerprint density at radius 1 is 1.00 bits per heavy atom. The normalized spacial score (nSPS) is 21.4. The summed E-state index contributed by atoms with van der Waals surface area (Å²) in [6, 6.07) is 10.4. The van der Waals surface area contributed by atoms with Crippen LogP contribution in [-0.2, 0) is 0 Å². The lowest BCUT2D eigenvalue weighted by Gasteiger charge is -2.43. The lowest BCUT2D eigenvalue weighted by Crippen LogP contribution is -2.51. The van der Waals surface area contributed by atoms with Gasteiger partial charge < -0.3 is 5.32 Å². The van der Waals surface area contributed by atoms with Crippen molar-refractivity contribution in [2.75, 3.05) is 5.01 Å². The fraction of sp³-hybridized carbons (Fsp3) is 0.238. The number of benzene rings is 2. The van der Waals surface area contributed by atoms with Gasteiger partial charge in [-0.05, 0) is 60.9 Å². The topological polar surface area (TPSA) is 18.5 Å². The predicted octanol–water partition coefficient (Wildman–Crippen LogP) is 5.62. The average molecular weight is 406 g/mol. The predicted molar refractivity (Wildman–Crippen MR) is 105 cm³/mol. The van der Waals surface area contributed by atoms with Crippen LogP contribution < -0.4 is 10.3 Å². The van der Waals surface area contributed by atoms with Crippen LogP contribution in [0.15, 0.2) is 66.6 Å². The van der Waals surface area contributed by atoms with Crippen LogP contribution >= 0.6 is 11.6 Å². The number of rotatable bonds is 2. The highest BCUT2D eigenvalue weighted by Crippen LogP contribution is 2.44. The van der Waals surface area contributed by atoms with E-state index >= 15 is 0 Å². The second-order valence-electron chi connectivity index (χ2n) is 6.95. The number of hydrazine groups is 1. The molecule has 0 saturated carbocycles. The molecule has 0 amide bonds. The van der Waals surface area contributed by atoms with Gasteiger partial charge in [0, 0.05) is 11.2 Å². The number of hydrogen-bond acceptors (Lipinski definition) is 3. The van der Waals surface area contributed by atoms with Crippen molar-refractivity contribution in [3.63, 3.8) is 0 Å². The zero-order chi connectivity index (χ0) is 20.1. The summed E-state index contributed by atoms with van der Waals surface area (Å²) >= 11 is 5.99. The smallest absolute Gasteiger partial charge is 0.347 e. The summed E-state index contributed by atoms with van der Waals surface area (Å²) in [4.78, 5) is 0. The van der Waals surface area contributed by atoms with Crippen molar-refractivity contribution in [1.29, 1.82) is 0 Å². The molecule has 0 fully saturated rings. The van der Waals surface area contributed by atoms with Crippen LogP contribution in [0.2, 0.25) is 5.02 Å². The first-order valence-electron chi connectivity index (χ1n) is 8.89. The zero-order valence-electron chi connectivity index (χ0n) is 15.3. The molecule has 7 heteroatoms. The third-order valence-electron chi connectivity index (χ3n) is 5.20. The quantitative estimate of drug-likeness (QED) is 0.699. The molecule has 0 aliphatic carbocycles. The van der Waals surface area contributed by atoms with Gasteiger partial charge in [0.25, 0.3) is 0 Å². The summed E-state index contributed by atoms with van der Waals surface area (Å²) in [6.45, 7) is 3.75. The summed E-state index contributed by atoms with van der Waals surface area (Å²) in [5.74, 6) is 0.408. The summed E-state index contributed by atoms with van der Waals surface area (Å²) in [7, 11) is 0. The van der Waals surface area contributed by atoms with Crippen LogP contribution in [0.3, 0.4) is 0 Å². The SMILES string of the molecule is Cc1cccc(N2C(C(F)(F)F)C=C3NC=CC(c4ccc(Cl)cc4)N32)c1C. The first-order valence-corrected chi connectivity index (χ1v) is 9.27. The van der Waals surface area contributed by atoms with Gasteiger partial charge in [0.15, 0.2) is 6.04 Å². The van der Waals surface area contributed by atoms with Gasteiger partial charge in [-0.3, -0.25) is 10.0 Å². The van der Waals surface area contributed by atoms with Crippen LogP contribution in [0.1, 0.15) is 22.7 Å². The lowest BCUT2D eigenvalue weighted by molar-refractivity contribution is -0.141. The Kier molecular flexibility index (Phi) is 4.54. The number of halogens is 4. The van der Waals surface area contributed by atoms with Crippen LogP contribution in [-0.4, -0.2) is 17.2 Å². The molecule has 2 atom stereocenters. The van der Waals surface area contributed by atoms with Crippen LogP contribution in [0.4, 0.5) is 18.9 Å². The van der Waals surface area contributed by atoms with E-state index in [9.17, 15) is 13.2 Å². The Bertz CT molecular complexity index is 950. The van der Waals surface area contributed by atoms with Crippen LogP contribution in [0, 0.1) is 13.8 Å². The molecule has 146 valence electrons. The molecule has 3 nitrogen and oxygen atoms in total. The van der Waals surface area contributed by atoms with Crippen molar-refractivity contribution < 1.29 is 13.2 Å². The van der Waals surface area contributed by atoms with Crippen molar-refractivity contribution in [2.45, 2.75) is 32.1 Å². The van der Waals surface area contributed by atoms with Crippen LogP contribution in [0.25, 0.3) is 0 Å². The zero-order valence-corrected chi connectivity index (χ0v) is 16.1. The molecular weight excluding hydrogens is 387 g/mol. The molecule has 0 spiro atoms. The monoisotopic (exact) mass is 405 g/mol. The Balaban J connectivity index is 1.86. The first kappa shape index (κ1) is 18.7. The molecule has 4 rings (SSSR count). The molecule has 2 aromatic carbocycles. The number of anilines is 1. The molecule has 2 heterocycles. The maximum Gasteiger partial charge on any atom is 0.414 e. The Hall–Kier alpha value is -2.60. The molecule has 2 aliphatic heterocycles. The van der Waals surface area contributed by atoms with Crippen molar-refractivity contribution in [1.82, 2.24) is 10.3 Å². The maximum atomic E-state index is 14.0. The van der Waals surface area contributed by atoms with E-state index in [1.165, 1.54) is 11.1 Å². The van der Waals surface area contributed by atoms with Gasteiger partial charge in [-0.1, -0.05) is 35.9 Å². The second kappa shape index (κ2) is 6.78. The van der Waals surface area contributed by atoms with E-state index in [1.54, 1.807) is 35.5 Å². The maximum absolute atomic E-state index is 14.0. The number of fused-ring (bicyclic) bond motifs is 1. The Labute approximate surface area is 166 Å². The molecule has 0 radical (unpaired) electrons. The van der Waals surface area contributed by atoms with Gasteiger partial charge in [-0.15, -0.1) is 0 Å². The Morgan fingerprint density at radius 3 is 2.39 bits per heavy atom. The van der Waals surface area contributed by atoms with Crippen molar-refractivity contribution in [3.05, 3.63) is 88.4 Å². The minimum Gasteiger partial charge on any atom is -0.347 e. The lowest BCUT2D eigenvalue weighted by atomic mass is 10.0. The summed E-state index contributed by atoms with van der Waals surface area (Å²) in [5.41, 5.74) is 3.14. The van der Waals surface area contributed by atoms with E-state index in [-0.39, 0.29) is 0 Å². The van der Waals surface area contributed by atoms with Gasteiger partial charge in [-0.25, -0.2) is 0 Å². The molecule has 2 aliphatic rings. The van der Waals surface area contributed by atoms with E-state index in [2.05, 4.69) is 5.32 Å². The third kappa shape index (κ3) is 3.11. The van der Waals surface area contributed by atoms with Crippen LogP contribution in [0.5, 0.6) is 0 Å². The molecule has 2 unspecified atom stereocenters. The van der Waals surface area contributed by atoms with E-state index in [1.807, 2.05) is 38.1 Å². The number of nitrogens with one attached hydrogen (secondary N) is 1.